The first-order valence-electron chi connectivity index (χ1n) is 6.90. The maximum Gasteiger partial charge on any atom is 0.268 e. The van der Waals surface area contributed by atoms with Gasteiger partial charge in [-0.1, -0.05) is 17.7 Å². The maximum absolute atomic E-state index is 14.2. The zero-order chi connectivity index (χ0) is 17.2. The highest BCUT2D eigenvalue weighted by Crippen LogP contribution is 2.27. The average molecular weight is 367 g/mol. The number of anilines is 1. The van der Waals surface area contributed by atoms with E-state index in [0.717, 1.165) is 16.4 Å². The molecule has 0 aliphatic carbocycles. The number of hydrogen-bond acceptors (Lipinski definition) is 4. The fourth-order valence-electron chi connectivity index (χ4n) is 2.14. The van der Waals surface area contributed by atoms with Gasteiger partial charge < -0.3 is 4.42 Å². The van der Waals surface area contributed by atoms with Gasteiger partial charge in [0.2, 0.25) is 0 Å². The predicted molar refractivity (Wildman–Crippen MR) is 87.7 cm³/mol. The largest absolute Gasteiger partial charge is 0.467 e. The van der Waals surface area contributed by atoms with Gasteiger partial charge in [-0.2, -0.15) is 0 Å². The Bertz CT molecular complexity index is 931. The number of nitrogens with zero attached hydrogens (tertiary/aromatic N) is 2. The molecule has 1 aromatic carbocycles. The van der Waals surface area contributed by atoms with E-state index in [1.54, 1.807) is 24.3 Å². The SMILES string of the molecule is O=S(=O)(c1ccc(Cl)cc1F)N(Cc1ccco1)c1ccccn1. The smallest absolute Gasteiger partial charge is 0.268 e. The third kappa shape index (κ3) is 3.27. The molecule has 0 saturated heterocycles. The molecule has 124 valence electrons. The highest BCUT2D eigenvalue weighted by molar-refractivity contribution is 7.92. The van der Waals surface area contributed by atoms with Crippen LogP contribution >= 0.6 is 11.6 Å². The van der Waals surface area contributed by atoms with Crippen molar-refractivity contribution in [1.82, 2.24) is 4.98 Å². The molecular formula is C16H12ClFN2O3S. The number of furan rings is 1. The molecule has 2 heterocycles. The van der Waals surface area contributed by atoms with Crippen LogP contribution in [0.15, 0.2) is 70.3 Å². The molecule has 0 amide bonds. The molecule has 5 nitrogen and oxygen atoms in total. The monoisotopic (exact) mass is 366 g/mol. The molecule has 0 aliphatic rings. The van der Waals surface area contributed by atoms with E-state index in [0.29, 0.717) is 5.76 Å². The van der Waals surface area contributed by atoms with Crippen LogP contribution in [0.4, 0.5) is 10.2 Å². The normalized spacial score (nSPS) is 11.4. The minimum absolute atomic E-state index is 0.113. The van der Waals surface area contributed by atoms with Gasteiger partial charge in [0.05, 0.1) is 12.8 Å². The van der Waals surface area contributed by atoms with Gasteiger partial charge in [-0.05, 0) is 42.5 Å². The van der Waals surface area contributed by atoms with Gasteiger partial charge in [-0.25, -0.2) is 22.1 Å². The number of pyridine rings is 1. The van der Waals surface area contributed by atoms with E-state index in [1.165, 1.54) is 24.6 Å². The van der Waals surface area contributed by atoms with Crippen molar-refractivity contribution >= 4 is 27.4 Å². The van der Waals surface area contributed by atoms with Crippen molar-refractivity contribution in [2.24, 2.45) is 0 Å². The average Bonchev–Trinajstić information content (AvgIpc) is 3.06. The van der Waals surface area contributed by atoms with E-state index < -0.39 is 20.7 Å². The Morgan fingerprint density at radius 2 is 2.00 bits per heavy atom. The van der Waals surface area contributed by atoms with E-state index in [1.807, 2.05) is 0 Å². The van der Waals surface area contributed by atoms with Gasteiger partial charge in [0.1, 0.15) is 22.3 Å². The highest BCUT2D eigenvalue weighted by atomic mass is 35.5. The van der Waals surface area contributed by atoms with Crippen LogP contribution in [-0.2, 0) is 16.6 Å². The van der Waals surface area contributed by atoms with Crippen LogP contribution in [0.5, 0.6) is 0 Å². The molecule has 0 fully saturated rings. The van der Waals surface area contributed by atoms with Crippen molar-refractivity contribution < 1.29 is 17.2 Å². The van der Waals surface area contributed by atoms with E-state index in [4.69, 9.17) is 16.0 Å². The van der Waals surface area contributed by atoms with Crippen LogP contribution in [0.25, 0.3) is 0 Å². The molecule has 2 aromatic heterocycles. The summed E-state index contributed by atoms with van der Waals surface area (Å²) in [6, 6.07) is 11.5. The minimum atomic E-state index is -4.20. The Kier molecular flexibility index (Phi) is 4.55. The van der Waals surface area contributed by atoms with Crippen LogP contribution in [0.3, 0.4) is 0 Å². The Balaban J connectivity index is 2.10. The Morgan fingerprint density at radius 3 is 2.62 bits per heavy atom. The minimum Gasteiger partial charge on any atom is -0.467 e. The van der Waals surface area contributed by atoms with E-state index >= 15 is 0 Å². The lowest BCUT2D eigenvalue weighted by atomic mass is 10.3. The molecule has 0 bridgehead atoms. The van der Waals surface area contributed by atoms with Crippen molar-refractivity contribution in [2.45, 2.75) is 11.4 Å². The Morgan fingerprint density at radius 1 is 1.17 bits per heavy atom. The second kappa shape index (κ2) is 6.62. The summed E-state index contributed by atoms with van der Waals surface area (Å²) in [5.41, 5.74) is 0. The fourth-order valence-corrected chi connectivity index (χ4v) is 3.73. The number of benzene rings is 1. The highest BCUT2D eigenvalue weighted by Gasteiger charge is 2.29. The summed E-state index contributed by atoms with van der Waals surface area (Å²) in [6.45, 7) is -0.117. The van der Waals surface area contributed by atoms with Gasteiger partial charge in [0.15, 0.2) is 0 Å². The third-order valence-electron chi connectivity index (χ3n) is 3.25. The maximum atomic E-state index is 14.2. The topological polar surface area (TPSA) is 63.4 Å². The zero-order valence-corrected chi connectivity index (χ0v) is 13.8. The number of hydrogen-bond donors (Lipinski definition) is 0. The summed E-state index contributed by atoms with van der Waals surface area (Å²) in [5, 5.41) is 0.113. The van der Waals surface area contributed by atoms with Crippen LogP contribution in [0, 0.1) is 5.82 Å². The first-order valence-corrected chi connectivity index (χ1v) is 8.71. The number of rotatable bonds is 5. The van der Waals surface area contributed by atoms with Gasteiger partial charge >= 0.3 is 0 Å². The van der Waals surface area contributed by atoms with E-state index in [-0.39, 0.29) is 17.4 Å². The van der Waals surface area contributed by atoms with Crippen molar-refractivity contribution in [1.29, 1.82) is 0 Å². The summed E-state index contributed by atoms with van der Waals surface area (Å²) in [5.74, 6) is -0.371. The molecule has 24 heavy (non-hydrogen) atoms. The molecule has 8 heteroatoms. The van der Waals surface area contributed by atoms with Gasteiger partial charge in [0, 0.05) is 11.2 Å². The molecule has 0 saturated carbocycles. The van der Waals surface area contributed by atoms with Crippen molar-refractivity contribution in [3.63, 3.8) is 0 Å². The number of halogens is 2. The first-order chi connectivity index (χ1) is 11.5. The number of aromatic nitrogens is 1. The van der Waals surface area contributed by atoms with Crippen LogP contribution in [0.2, 0.25) is 5.02 Å². The molecule has 0 aliphatic heterocycles. The van der Waals surface area contributed by atoms with Crippen LogP contribution in [0.1, 0.15) is 5.76 Å². The van der Waals surface area contributed by atoms with Crippen molar-refractivity contribution in [3.05, 3.63) is 77.6 Å². The molecule has 3 rings (SSSR count). The van der Waals surface area contributed by atoms with Gasteiger partial charge in [0.25, 0.3) is 10.0 Å². The molecule has 0 spiro atoms. The van der Waals surface area contributed by atoms with E-state index in [9.17, 15) is 12.8 Å². The summed E-state index contributed by atoms with van der Waals surface area (Å²) >= 11 is 5.70. The van der Waals surface area contributed by atoms with Crippen molar-refractivity contribution in [3.8, 4) is 0 Å². The van der Waals surface area contributed by atoms with Crippen LogP contribution in [-0.4, -0.2) is 13.4 Å². The van der Waals surface area contributed by atoms with Crippen LogP contribution < -0.4 is 4.31 Å². The van der Waals surface area contributed by atoms with Gasteiger partial charge in [-0.3, -0.25) is 0 Å². The number of sulfonamides is 1. The lowest BCUT2D eigenvalue weighted by Gasteiger charge is -2.22. The molecule has 0 unspecified atom stereocenters. The Labute approximate surface area is 143 Å². The fraction of sp³-hybridized carbons (Fsp3) is 0.0625. The lowest BCUT2D eigenvalue weighted by molar-refractivity contribution is 0.506. The first kappa shape index (κ1) is 16.5. The van der Waals surface area contributed by atoms with E-state index in [2.05, 4.69) is 4.98 Å². The van der Waals surface area contributed by atoms with Gasteiger partial charge in [-0.15, -0.1) is 0 Å². The molecular weight excluding hydrogens is 355 g/mol. The summed E-state index contributed by atoms with van der Waals surface area (Å²) in [7, 11) is -4.20. The summed E-state index contributed by atoms with van der Waals surface area (Å²) in [4.78, 5) is 3.57. The zero-order valence-electron chi connectivity index (χ0n) is 12.3. The van der Waals surface area contributed by atoms with Crippen molar-refractivity contribution in [2.75, 3.05) is 4.31 Å². The lowest BCUT2D eigenvalue weighted by Crippen LogP contribution is -2.31. The molecule has 0 N–H and O–H groups in total. The third-order valence-corrected chi connectivity index (χ3v) is 5.26. The standard InChI is InChI=1S/C16H12ClFN2O3S/c17-12-6-7-15(14(18)10-12)24(21,22)20(11-13-4-3-9-23-13)16-5-1-2-8-19-16/h1-10H,11H2. The second-order valence-corrected chi connectivity index (χ2v) is 7.12. The summed E-state index contributed by atoms with van der Waals surface area (Å²) < 4.78 is 46.3. The quantitative estimate of drug-likeness (QED) is 0.687. The predicted octanol–water partition coefficient (Wildman–Crippen LogP) is 3.86. The Hall–Kier alpha value is -2.38. The second-order valence-electron chi connectivity index (χ2n) is 4.85. The molecule has 0 atom stereocenters. The molecule has 3 aromatic rings. The molecule has 0 radical (unpaired) electrons. The summed E-state index contributed by atoms with van der Waals surface area (Å²) in [6.07, 6.45) is 2.89.